The Kier molecular flexibility index (Phi) is 10.2. The molecule has 0 aromatic heterocycles. The predicted molar refractivity (Wildman–Crippen MR) is 152 cm³/mol. The van der Waals surface area contributed by atoms with Gasteiger partial charge in [0, 0.05) is 12.6 Å². The number of nitrogens with zero attached hydrogens (tertiary/aromatic N) is 2. The molecule has 0 saturated carbocycles. The number of carbonyl (C=O) groups excluding carboxylic acids is 2. The number of benzene rings is 3. The smallest absolute Gasteiger partial charge is 0.264 e. The second-order valence-electron chi connectivity index (χ2n) is 8.90. The van der Waals surface area contributed by atoms with Gasteiger partial charge >= 0.3 is 0 Å². The number of hydrogen-bond donors (Lipinski definition) is 1. The SMILES string of the molecule is CCC(C)NC(=O)C(C)N(Cc1ccccc1)C(=O)CN(c1cccc(Cl)c1Cl)S(=O)(=O)c1ccccc1. The summed E-state index contributed by atoms with van der Waals surface area (Å²) in [7, 11) is -4.22. The van der Waals surface area contributed by atoms with Crippen molar-refractivity contribution in [1.82, 2.24) is 10.2 Å². The van der Waals surface area contributed by atoms with Crippen LogP contribution in [0.5, 0.6) is 0 Å². The van der Waals surface area contributed by atoms with Crippen LogP contribution in [0.4, 0.5) is 5.69 Å². The molecule has 0 bridgehead atoms. The van der Waals surface area contributed by atoms with E-state index in [4.69, 9.17) is 23.2 Å². The monoisotopic (exact) mass is 575 g/mol. The molecule has 3 rings (SSSR count). The molecule has 0 aliphatic rings. The third-order valence-electron chi connectivity index (χ3n) is 6.17. The Bertz CT molecular complexity index is 1360. The lowest BCUT2D eigenvalue weighted by Crippen LogP contribution is -2.52. The minimum Gasteiger partial charge on any atom is -0.352 e. The molecule has 3 aromatic rings. The van der Waals surface area contributed by atoms with Gasteiger partial charge in [0.2, 0.25) is 11.8 Å². The predicted octanol–water partition coefficient (Wildman–Crippen LogP) is 5.52. The van der Waals surface area contributed by atoms with Gasteiger partial charge in [-0.3, -0.25) is 13.9 Å². The number of anilines is 1. The van der Waals surface area contributed by atoms with Crippen LogP contribution in [0.25, 0.3) is 0 Å². The van der Waals surface area contributed by atoms with Crippen LogP contribution in [0, 0.1) is 0 Å². The molecule has 2 unspecified atom stereocenters. The minimum atomic E-state index is -4.22. The highest BCUT2D eigenvalue weighted by molar-refractivity contribution is 7.92. The van der Waals surface area contributed by atoms with Crippen molar-refractivity contribution in [3.63, 3.8) is 0 Å². The summed E-state index contributed by atoms with van der Waals surface area (Å²) in [6.07, 6.45) is 0.724. The Morgan fingerprint density at radius 3 is 2.11 bits per heavy atom. The molecule has 0 radical (unpaired) electrons. The van der Waals surface area contributed by atoms with E-state index in [1.807, 2.05) is 44.2 Å². The molecular weight excluding hydrogens is 545 g/mol. The summed E-state index contributed by atoms with van der Waals surface area (Å²) in [4.78, 5) is 28.3. The van der Waals surface area contributed by atoms with Gasteiger partial charge in [-0.1, -0.05) is 84.7 Å². The molecule has 0 fully saturated rings. The molecule has 0 spiro atoms. The van der Waals surface area contributed by atoms with Gasteiger partial charge in [-0.25, -0.2) is 8.42 Å². The van der Waals surface area contributed by atoms with E-state index in [-0.39, 0.29) is 39.1 Å². The number of carbonyl (C=O) groups is 2. The van der Waals surface area contributed by atoms with Gasteiger partial charge in [-0.15, -0.1) is 0 Å². The van der Waals surface area contributed by atoms with Gasteiger partial charge in [0.15, 0.2) is 0 Å². The summed E-state index contributed by atoms with van der Waals surface area (Å²) < 4.78 is 28.5. The molecule has 1 N–H and O–H groups in total. The van der Waals surface area contributed by atoms with Crippen molar-refractivity contribution in [2.45, 2.75) is 50.7 Å². The van der Waals surface area contributed by atoms with Crippen molar-refractivity contribution in [2.75, 3.05) is 10.8 Å². The number of sulfonamides is 1. The summed E-state index contributed by atoms with van der Waals surface area (Å²) in [6.45, 7) is 4.97. The summed E-state index contributed by atoms with van der Waals surface area (Å²) in [5, 5.41) is 3.05. The third-order valence-corrected chi connectivity index (χ3v) is 8.76. The summed E-state index contributed by atoms with van der Waals surface area (Å²) in [5.41, 5.74) is 0.857. The maximum absolute atomic E-state index is 13.9. The van der Waals surface area contributed by atoms with Crippen LogP contribution in [0.2, 0.25) is 10.0 Å². The molecular formula is C28H31Cl2N3O4S. The second kappa shape index (κ2) is 13.1. The van der Waals surface area contributed by atoms with Crippen LogP contribution in [0.1, 0.15) is 32.8 Å². The van der Waals surface area contributed by atoms with Crippen LogP contribution < -0.4 is 9.62 Å². The van der Waals surface area contributed by atoms with Crippen LogP contribution >= 0.6 is 23.2 Å². The van der Waals surface area contributed by atoms with Gasteiger partial charge in [0.05, 0.1) is 20.6 Å². The van der Waals surface area contributed by atoms with Crippen molar-refractivity contribution in [1.29, 1.82) is 0 Å². The van der Waals surface area contributed by atoms with Crippen LogP contribution in [-0.4, -0.2) is 43.8 Å². The maximum Gasteiger partial charge on any atom is 0.264 e. The van der Waals surface area contributed by atoms with Crippen LogP contribution in [0.15, 0.2) is 83.8 Å². The second-order valence-corrected chi connectivity index (χ2v) is 11.5. The Morgan fingerprint density at radius 1 is 0.895 bits per heavy atom. The molecule has 7 nitrogen and oxygen atoms in total. The summed E-state index contributed by atoms with van der Waals surface area (Å²) >= 11 is 12.6. The fourth-order valence-corrected chi connectivity index (χ4v) is 5.64. The molecule has 202 valence electrons. The first-order chi connectivity index (χ1) is 18.1. The molecule has 2 amide bonds. The Balaban J connectivity index is 2.04. The van der Waals surface area contributed by atoms with Crippen molar-refractivity contribution in [2.24, 2.45) is 0 Å². The molecule has 38 heavy (non-hydrogen) atoms. The van der Waals surface area contributed by atoms with Crippen LogP contribution in [-0.2, 0) is 26.2 Å². The van der Waals surface area contributed by atoms with Gasteiger partial charge in [-0.05, 0) is 50.1 Å². The van der Waals surface area contributed by atoms with Crippen molar-refractivity contribution in [3.8, 4) is 0 Å². The van der Waals surface area contributed by atoms with E-state index in [0.29, 0.717) is 0 Å². The largest absolute Gasteiger partial charge is 0.352 e. The molecule has 0 heterocycles. The lowest BCUT2D eigenvalue weighted by Gasteiger charge is -2.32. The standard InChI is InChI=1S/C28H31Cl2N3O4S/c1-4-20(2)31-28(35)21(3)32(18-22-12-7-5-8-13-22)26(34)19-33(25-17-11-16-24(29)27(25)30)38(36,37)23-14-9-6-10-15-23/h5-17,20-21H,4,18-19H2,1-3H3,(H,31,35). The normalized spacial score (nSPS) is 12.9. The van der Waals surface area contributed by atoms with E-state index < -0.39 is 28.5 Å². The quantitative estimate of drug-likeness (QED) is 0.326. The highest BCUT2D eigenvalue weighted by atomic mass is 35.5. The first-order valence-electron chi connectivity index (χ1n) is 12.2. The Morgan fingerprint density at radius 2 is 1.50 bits per heavy atom. The molecule has 3 aromatic carbocycles. The molecule has 0 aliphatic heterocycles. The van der Waals surface area contributed by atoms with E-state index in [1.54, 1.807) is 31.2 Å². The lowest BCUT2D eigenvalue weighted by atomic mass is 10.1. The van der Waals surface area contributed by atoms with Gasteiger partial charge in [-0.2, -0.15) is 0 Å². The van der Waals surface area contributed by atoms with Crippen molar-refractivity contribution < 1.29 is 18.0 Å². The third kappa shape index (κ3) is 7.07. The fourth-order valence-electron chi connectivity index (χ4n) is 3.75. The summed E-state index contributed by atoms with van der Waals surface area (Å²) in [6, 6.07) is 20.6. The number of hydrogen-bond acceptors (Lipinski definition) is 4. The zero-order valence-electron chi connectivity index (χ0n) is 21.5. The lowest BCUT2D eigenvalue weighted by molar-refractivity contribution is -0.139. The van der Waals surface area contributed by atoms with Gasteiger partial charge in [0.25, 0.3) is 10.0 Å². The Labute approximate surface area is 234 Å². The van der Waals surface area contributed by atoms with E-state index in [0.717, 1.165) is 16.3 Å². The topological polar surface area (TPSA) is 86.8 Å². The van der Waals surface area contributed by atoms with E-state index >= 15 is 0 Å². The first-order valence-corrected chi connectivity index (χ1v) is 14.4. The molecule has 10 heteroatoms. The number of amides is 2. The van der Waals surface area contributed by atoms with Gasteiger partial charge < -0.3 is 10.2 Å². The first kappa shape index (κ1) is 29.5. The van der Waals surface area contributed by atoms with Crippen molar-refractivity contribution >= 4 is 50.7 Å². The van der Waals surface area contributed by atoms with Crippen LogP contribution in [0.3, 0.4) is 0 Å². The molecule has 0 saturated heterocycles. The van der Waals surface area contributed by atoms with E-state index in [9.17, 15) is 18.0 Å². The number of nitrogens with one attached hydrogen (secondary N) is 1. The summed E-state index contributed by atoms with van der Waals surface area (Å²) in [5.74, 6) is -0.905. The average molecular weight is 577 g/mol. The molecule has 0 aliphatic carbocycles. The highest BCUT2D eigenvalue weighted by Crippen LogP contribution is 2.35. The zero-order valence-corrected chi connectivity index (χ0v) is 23.8. The highest BCUT2D eigenvalue weighted by Gasteiger charge is 2.33. The van der Waals surface area contributed by atoms with E-state index in [2.05, 4.69) is 5.32 Å². The van der Waals surface area contributed by atoms with E-state index in [1.165, 1.54) is 29.2 Å². The maximum atomic E-state index is 13.9. The minimum absolute atomic E-state index is 0.00126. The number of halogens is 2. The van der Waals surface area contributed by atoms with Gasteiger partial charge in [0.1, 0.15) is 12.6 Å². The number of rotatable bonds is 11. The van der Waals surface area contributed by atoms with Crippen molar-refractivity contribution in [3.05, 3.63) is 94.5 Å². The molecule has 2 atom stereocenters. The zero-order chi connectivity index (χ0) is 27.9. The fraction of sp³-hybridized carbons (Fsp3) is 0.286. The Hall–Kier alpha value is -3.07. The average Bonchev–Trinajstić information content (AvgIpc) is 2.92.